The van der Waals surface area contributed by atoms with E-state index in [1.165, 1.54) is 0 Å². The third-order valence-electron chi connectivity index (χ3n) is 4.10. The summed E-state index contributed by atoms with van der Waals surface area (Å²) in [6.07, 6.45) is 3.41. The molecule has 1 fully saturated rings. The van der Waals surface area contributed by atoms with Crippen LogP contribution in [0.2, 0.25) is 0 Å². The number of piperazine rings is 1. The standard InChI is InChI=1S/C15H19N7O/c16-15-19-12(11-2-1-9-23-11)13-14(20-15)22(10-18-13)8-7-21-5-3-17-4-6-21/h1-2,9-10,17H,3-8H2,(H2,16,19,20). The van der Waals surface area contributed by atoms with Crippen LogP contribution in [0.25, 0.3) is 22.6 Å². The lowest BCUT2D eigenvalue weighted by atomic mass is 10.3. The molecule has 0 unspecified atom stereocenters. The normalized spacial score (nSPS) is 16.2. The zero-order valence-corrected chi connectivity index (χ0v) is 12.8. The van der Waals surface area contributed by atoms with E-state index in [9.17, 15) is 0 Å². The number of aromatic nitrogens is 4. The number of nitrogen functional groups attached to an aromatic ring is 1. The molecule has 0 aliphatic carbocycles. The van der Waals surface area contributed by atoms with E-state index in [0.717, 1.165) is 50.4 Å². The van der Waals surface area contributed by atoms with Crippen molar-refractivity contribution in [1.82, 2.24) is 29.7 Å². The molecule has 0 aromatic carbocycles. The molecule has 0 bridgehead atoms. The largest absolute Gasteiger partial charge is 0.463 e. The summed E-state index contributed by atoms with van der Waals surface area (Å²) in [7, 11) is 0. The van der Waals surface area contributed by atoms with Gasteiger partial charge >= 0.3 is 0 Å². The molecule has 0 spiro atoms. The average Bonchev–Trinajstić information content (AvgIpc) is 3.23. The van der Waals surface area contributed by atoms with Crippen molar-refractivity contribution < 1.29 is 4.42 Å². The van der Waals surface area contributed by atoms with Gasteiger partial charge < -0.3 is 20.0 Å². The van der Waals surface area contributed by atoms with E-state index in [0.29, 0.717) is 11.5 Å². The molecule has 4 rings (SSSR count). The van der Waals surface area contributed by atoms with E-state index < -0.39 is 0 Å². The molecule has 4 heterocycles. The number of furan rings is 1. The number of hydrogen-bond donors (Lipinski definition) is 2. The van der Waals surface area contributed by atoms with Gasteiger partial charge in [0.25, 0.3) is 0 Å². The highest BCUT2D eigenvalue weighted by Crippen LogP contribution is 2.25. The maximum Gasteiger partial charge on any atom is 0.222 e. The molecule has 1 aliphatic rings. The predicted molar refractivity (Wildman–Crippen MR) is 86.7 cm³/mol. The van der Waals surface area contributed by atoms with Crippen molar-refractivity contribution in [3.05, 3.63) is 24.7 Å². The molecule has 23 heavy (non-hydrogen) atoms. The summed E-state index contributed by atoms with van der Waals surface area (Å²) in [6, 6.07) is 3.67. The van der Waals surface area contributed by atoms with Crippen LogP contribution in [-0.2, 0) is 6.54 Å². The predicted octanol–water partition coefficient (Wildman–Crippen LogP) is 0.574. The zero-order valence-electron chi connectivity index (χ0n) is 12.8. The maximum atomic E-state index is 5.87. The lowest BCUT2D eigenvalue weighted by Crippen LogP contribution is -2.44. The first-order valence-electron chi connectivity index (χ1n) is 7.76. The molecular weight excluding hydrogens is 294 g/mol. The van der Waals surface area contributed by atoms with Gasteiger partial charge in [0.2, 0.25) is 5.95 Å². The molecule has 1 saturated heterocycles. The quantitative estimate of drug-likeness (QED) is 0.726. The van der Waals surface area contributed by atoms with Gasteiger partial charge in [-0.3, -0.25) is 4.90 Å². The Bertz CT molecular complexity index is 790. The van der Waals surface area contributed by atoms with Crippen LogP contribution in [0.4, 0.5) is 5.95 Å². The Labute approximate surface area is 133 Å². The minimum Gasteiger partial charge on any atom is -0.463 e. The SMILES string of the molecule is Nc1nc(-c2ccco2)c2ncn(CCN3CCNCC3)c2n1. The third kappa shape index (κ3) is 2.78. The summed E-state index contributed by atoms with van der Waals surface area (Å²) < 4.78 is 7.47. The van der Waals surface area contributed by atoms with Crippen molar-refractivity contribution in [2.45, 2.75) is 6.54 Å². The number of anilines is 1. The first-order chi connectivity index (χ1) is 11.3. The minimum absolute atomic E-state index is 0.229. The highest BCUT2D eigenvalue weighted by molar-refractivity contribution is 5.86. The Hall–Kier alpha value is -2.45. The van der Waals surface area contributed by atoms with Crippen LogP contribution < -0.4 is 11.1 Å². The molecule has 3 aromatic heterocycles. The summed E-state index contributed by atoms with van der Waals surface area (Å²) >= 11 is 0. The van der Waals surface area contributed by atoms with Gasteiger partial charge in [-0.1, -0.05) is 0 Å². The maximum absolute atomic E-state index is 5.87. The summed E-state index contributed by atoms with van der Waals surface area (Å²) in [5.74, 6) is 0.879. The molecule has 1 aliphatic heterocycles. The van der Waals surface area contributed by atoms with E-state index in [4.69, 9.17) is 10.2 Å². The number of nitrogens with two attached hydrogens (primary N) is 1. The zero-order chi connectivity index (χ0) is 15.6. The van der Waals surface area contributed by atoms with Gasteiger partial charge in [-0.2, -0.15) is 4.98 Å². The Kier molecular flexibility index (Phi) is 3.68. The lowest BCUT2D eigenvalue weighted by molar-refractivity contribution is 0.233. The number of nitrogens with zero attached hydrogens (tertiary/aromatic N) is 5. The molecule has 120 valence electrons. The number of fused-ring (bicyclic) bond motifs is 1. The van der Waals surface area contributed by atoms with Crippen molar-refractivity contribution in [3.63, 3.8) is 0 Å². The van der Waals surface area contributed by atoms with Gasteiger partial charge in [-0.15, -0.1) is 0 Å². The summed E-state index contributed by atoms with van der Waals surface area (Å²) in [5.41, 5.74) is 7.98. The van der Waals surface area contributed by atoms with Gasteiger partial charge in [0.1, 0.15) is 11.2 Å². The lowest BCUT2D eigenvalue weighted by Gasteiger charge is -2.27. The van der Waals surface area contributed by atoms with Crippen molar-refractivity contribution in [1.29, 1.82) is 0 Å². The molecule has 3 aromatic rings. The smallest absolute Gasteiger partial charge is 0.222 e. The van der Waals surface area contributed by atoms with Crippen LogP contribution >= 0.6 is 0 Å². The number of hydrogen-bond acceptors (Lipinski definition) is 7. The highest BCUT2D eigenvalue weighted by Gasteiger charge is 2.16. The van der Waals surface area contributed by atoms with Gasteiger partial charge in [0, 0.05) is 39.3 Å². The Morgan fingerprint density at radius 3 is 2.87 bits per heavy atom. The fourth-order valence-corrected chi connectivity index (χ4v) is 2.89. The Morgan fingerprint density at radius 1 is 1.22 bits per heavy atom. The van der Waals surface area contributed by atoms with Crippen molar-refractivity contribution in [2.24, 2.45) is 0 Å². The third-order valence-corrected chi connectivity index (χ3v) is 4.10. The summed E-state index contributed by atoms with van der Waals surface area (Å²) in [4.78, 5) is 15.6. The van der Waals surface area contributed by atoms with E-state index >= 15 is 0 Å². The van der Waals surface area contributed by atoms with Crippen LogP contribution in [0.5, 0.6) is 0 Å². The first kappa shape index (κ1) is 14.2. The van der Waals surface area contributed by atoms with Gasteiger partial charge in [0.05, 0.1) is 12.6 Å². The van der Waals surface area contributed by atoms with Gasteiger partial charge in [0.15, 0.2) is 11.4 Å². The molecule has 8 nitrogen and oxygen atoms in total. The first-order valence-corrected chi connectivity index (χ1v) is 7.76. The molecule has 0 saturated carbocycles. The van der Waals surface area contributed by atoms with Crippen molar-refractivity contribution >= 4 is 17.1 Å². The van der Waals surface area contributed by atoms with Crippen molar-refractivity contribution in [2.75, 3.05) is 38.5 Å². The summed E-state index contributed by atoms with van der Waals surface area (Å²) in [5, 5.41) is 3.36. The molecule has 0 amide bonds. The van der Waals surface area contributed by atoms with E-state index in [2.05, 4.69) is 25.2 Å². The molecule has 3 N–H and O–H groups in total. The van der Waals surface area contributed by atoms with Gasteiger partial charge in [-0.25, -0.2) is 9.97 Å². The molecule has 8 heteroatoms. The molecule has 0 radical (unpaired) electrons. The molecular formula is C15H19N7O. The second-order valence-electron chi connectivity index (χ2n) is 5.61. The van der Waals surface area contributed by atoms with Gasteiger partial charge in [-0.05, 0) is 12.1 Å². The second-order valence-corrected chi connectivity index (χ2v) is 5.61. The topological polar surface area (TPSA) is 98.0 Å². The highest BCUT2D eigenvalue weighted by atomic mass is 16.3. The van der Waals surface area contributed by atoms with Crippen LogP contribution in [-0.4, -0.2) is 57.1 Å². The minimum atomic E-state index is 0.229. The Balaban J connectivity index is 1.63. The number of imidazole rings is 1. The fraction of sp³-hybridized carbons (Fsp3) is 0.400. The molecule has 0 atom stereocenters. The van der Waals surface area contributed by atoms with Crippen LogP contribution in [0, 0.1) is 0 Å². The van der Waals surface area contributed by atoms with Crippen LogP contribution in [0.1, 0.15) is 0 Å². The number of rotatable bonds is 4. The fourth-order valence-electron chi connectivity index (χ4n) is 2.89. The van der Waals surface area contributed by atoms with E-state index in [-0.39, 0.29) is 5.95 Å². The Morgan fingerprint density at radius 2 is 2.09 bits per heavy atom. The van der Waals surface area contributed by atoms with Crippen molar-refractivity contribution in [3.8, 4) is 11.5 Å². The average molecular weight is 313 g/mol. The van der Waals surface area contributed by atoms with E-state index in [1.54, 1.807) is 12.6 Å². The van der Waals surface area contributed by atoms with Crippen LogP contribution in [0.3, 0.4) is 0 Å². The second kappa shape index (κ2) is 5.98. The summed E-state index contributed by atoms with van der Waals surface area (Å²) in [6.45, 7) is 6.02. The van der Waals surface area contributed by atoms with E-state index in [1.807, 2.05) is 16.7 Å². The number of nitrogens with one attached hydrogen (secondary N) is 1. The monoisotopic (exact) mass is 313 g/mol. The van der Waals surface area contributed by atoms with Crippen LogP contribution in [0.15, 0.2) is 29.1 Å².